The molecule has 1 aromatic rings. The highest BCUT2D eigenvalue weighted by Gasteiger charge is 2.48. The van der Waals surface area contributed by atoms with E-state index < -0.39 is 23.3 Å². The Labute approximate surface area is 153 Å². The van der Waals surface area contributed by atoms with Crippen LogP contribution in [0.25, 0.3) is 5.57 Å². The number of hydrogen-bond donors (Lipinski definition) is 0. The van der Waals surface area contributed by atoms with Crippen LogP contribution < -0.4 is 0 Å². The van der Waals surface area contributed by atoms with Crippen LogP contribution in [-0.4, -0.2) is 31.4 Å². The lowest BCUT2D eigenvalue weighted by atomic mass is 9.76. The van der Waals surface area contributed by atoms with Crippen LogP contribution >= 0.6 is 11.6 Å². The number of allylic oxidation sites excluding steroid dienone is 2. The van der Waals surface area contributed by atoms with Crippen molar-refractivity contribution >= 4 is 35.4 Å². The van der Waals surface area contributed by atoms with E-state index in [-0.39, 0.29) is 13.2 Å². The van der Waals surface area contributed by atoms with Gasteiger partial charge in [-0.05, 0) is 38.5 Å². The maximum Gasteiger partial charge on any atom is 0.323 e. The number of hydrogen-bond acceptors (Lipinski definition) is 5. The molecular formula is C19H23ClO5. The Morgan fingerprint density at radius 3 is 2.00 bits per heavy atom. The molecule has 25 heavy (non-hydrogen) atoms. The van der Waals surface area contributed by atoms with Gasteiger partial charge in [-0.3, -0.25) is 14.4 Å². The second kappa shape index (κ2) is 9.37. The molecule has 0 saturated carbocycles. The fraction of sp³-hybridized carbons (Fsp3) is 0.421. The van der Waals surface area contributed by atoms with Crippen LogP contribution in [0.4, 0.5) is 0 Å². The predicted molar refractivity (Wildman–Crippen MR) is 96.0 cm³/mol. The highest BCUT2D eigenvalue weighted by Crippen LogP contribution is 2.34. The van der Waals surface area contributed by atoms with Gasteiger partial charge >= 0.3 is 11.9 Å². The van der Waals surface area contributed by atoms with E-state index in [9.17, 15) is 14.4 Å². The van der Waals surface area contributed by atoms with Crippen molar-refractivity contribution in [2.45, 2.75) is 27.7 Å². The molecule has 1 unspecified atom stereocenters. The largest absolute Gasteiger partial charge is 0.465 e. The number of ether oxygens (including phenoxy) is 2. The monoisotopic (exact) mass is 366 g/mol. The summed E-state index contributed by atoms with van der Waals surface area (Å²) < 4.78 is 10.1. The number of benzene rings is 1. The molecule has 0 bridgehead atoms. The van der Waals surface area contributed by atoms with Crippen LogP contribution in [0.1, 0.15) is 33.3 Å². The molecule has 1 rings (SSSR count). The summed E-state index contributed by atoms with van der Waals surface area (Å²) in [6, 6.07) is 6.71. The maximum atomic E-state index is 12.4. The fourth-order valence-electron chi connectivity index (χ4n) is 2.30. The van der Waals surface area contributed by atoms with Gasteiger partial charge in [-0.2, -0.15) is 0 Å². The van der Waals surface area contributed by atoms with Crippen molar-refractivity contribution in [2.24, 2.45) is 11.3 Å². The van der Waals surface area contributed by atoms with Crippen molar-refractivity contribution in [1.29, 1.82) is 0 Å². The van der Waals surface area contributed by atoms with Crippen LogP contribution in [0, 0.1) is 11.3 Å². The van der Waals surface area contributed by atoms with E-state index in [4.69, 9.17) is 21.1 Å². The first-order chi connectivity index (χ1) is 11.8. The Kier molecular flexibility index (Phi) is 7.84. The number of esters is 2. The minimum Gasteiger partial charge on any atom is -0.465 e. The number of halogens is 1. The first-order valence-electron chi connectivity index (χ1n) is 8.08. The highest BCUT2D eigenvalue weighted by molar-refractivity contribution is 6.30. The van der Waals surface area contributed by atoms with Crippen molar-refractivity contribution in [1.82, 2.24) is 0 Å². The summed E-state index contributed by atoms with van der Waals surface area (Å²) in [5.74, 6) is -1.99. The number of carbonyl (C=O) groups excluding carboxylic acids is 3. The Hall–Kier alpha value is -2.14. The van der Waals surface area contributed by atoms with Gasteiger partial charge in [-0.15, -0.1) is 0 Å². The summed E-state index contributed by atoms with van der Waals surface area (Å²) in [5, 5.41) is 0.546. The molecule has 0 aliphatic carbocycles. The van der Waals surface area contributed by atoms with Crippen molar-refractivity contribution < 1.29 is 23.9 Å². The van der Waals surface area contributed by atoms with Crippen LogP contribution in [0.15, 0.2) is 30.3 Å². The second-order valence-electron chi connectivity index (χ2n) is 5.68. The highest BCUT2D eigenvalue weighted by atomic mass is 35.5. The molecule has 1 atom stereocenters. The first-order valence-corrected chi connectivity index (χ1v) is 8.46. The summed E-state index contributed by atoms with van der Waals surface area (Å²) in [6.07, 6.45) is 2.25. The molecule has 0 saturated heterocycles. The minimum absolute atomic E-state index is 0.141. The van der Waals surface area contributed by atoms with Gasteiger partial charge in [0.15, 0.2) is 5.41 Å². The quantitative estimate of drug-likeness (QED) is 0.304. The lowest BCUT2D eigenvalue weighted by Gasteiger charge is -2.29. The molecular weight excluding hydrogens is 344 g/mol. The third kappa shape index (κ3) is 4.92. The van der Waals surface area contributed by atoms with Crippen molar-refractivity contribution in [2.75, 3.05) is 13.2 Å². The molecule has 1 aromatic carbocycles. The molecule has 136 valence electrons. The average Bonchev–Trinajstić information content (AvgIpc) is 2.59. The molecule has 0 spiro atoms. The standard InChI is InChI=1S/C19H23ClO5/c1-5-24-17(22)19(4,18(23)25-6-2)13(3)11-15(12-21)14-7-9-16(20)10-8-14/h7-13H,5-6H2,1-4H3/b15-11-. The SMILES string of the molecule is CCOC(=O)C(C)(C(=O)OCC)C(C)/C=C(/C=O)c1ccc(Cl)cc1. The van der Waals surface area contributed by atoms with E-state index >= 15 is 0 Å². The zero-order valence-electron chi connectivity index (χ0n) is 14.9. The summed E-state index contributed by atoms with van der Waals surface area (Å²) in [7, 11) is 0. The third-order valence-corrected chi connectivity index (χ3v) is 4.30. The molecule has 5 nitrogen and oxygen atoms in total. The lowest BCUT2D eigenvalue weighted by molar-refractivity contribution is -0.173. The normalized spacial score (nSPS) is 13.1. The van der Waals surface area contributed by atoms with E-state index in [1.165, 1.54) is 6.92 Å². The first kappa shape index (κ1) is 20.9. The fourth-order valence-corrected chi connectivity index (χ4v) is 2.43. The molecule has 0 heterocycles. The maximum absolute atomic E-state index is 12.4. The van der Waals surface area contributed by atoms with Gasteiger partial charge in [0.1, 0.15) is 6.29 Å². The van der Waals surface area contributed by atoms with Crippen LogP contribution in [0.3, 0.4) is 0 Å². The Morgan fingerprint density at radius 2 is 1.60 bits per heavy atom. The molecule has 0 aromatic heterocycles. The van der Waals surface area contributed by atoms with Gasteiger partial charge < -0.3 is 9.47 Å². The molecule has 0 aliphatic rings. The van der Waals surface area contributed by atoms with Crippen LogP contribution in [-0.2, 0) is 23.9 Å². The summed E-state index contributed by atoms with van der Waals surface area (Å²) in [6.45, 7) is 6.74. The van der Waals surface area contributed by atoms with Gasteiger partial charge in [0.25, 0.3) is 0 Å². The molecule has 0 amide bonds. The summed E-state index contributed by atoms with van der Waals surface area (Å²) in [5.41, 5.74) is -0.558. The summed E-state index contributed by atoms with van der Waals surface area (Å²) >= 11 is 5.86. The Balaban J connectivity index is 3.28. The van der Waals surface area contributed by atoms with Crippen LogP contribution in [0.5, 0.6) is 0 Å². The lowest BCUT2D eigenvalue weighted by Crippen LogP contribution is -2.44. The van der Waals surface area contributed by atoms with Gasteiger partial charge in [-0.25, -0.2) is 0 Å². The van der Waals surface area contributed by atoms with Gasteiger partial charge in [0.2, 0.25) is 0 Å². The predicted octanol–water partition coefficient (Wildman–Crippen LogP) is 3.69. The number of aldehydes is 1. The topological polar surface area (TPSA) is 69.7 Å². The zero-order chi connectivity index (χ0) is 19.0. The van der Waals surface area contributed by atoms with Crippen molar-refractivity contribution in [3.63, 3.8) is 0 Å². The van der Waals surface area contributed by atoms with Gasteiger partial charge in [0, 0.05) is 16.5 Å². The summed E-state index contributed by atoms with van der Waals surface area (Å²) in [4.78, 5) is 36.3. The van der Waals surface area contributed by atoms with Crippen molar-refractivity contribution in [3.05, 3.63) is 40.9 Å². The second-order valence-corrected chi connectivity index (χ2v) is 6.12. The zero-order valence-corrected chi connectivity index (χ0v) is 15.6. The smallest absolute Gasteiger partial charge is 0.323 e. The van der Waals surface area contributed by atoms with Crippen molar-refractivity contribution in [3.8, 4) is 0 Å². The van der Waals surface area contributed by atoms with E-state index in [0.29, 0.717) is 22.4 Å². The van der Waals surface area contributed by atoms with E-state index in [1.54, 1.807) is 51.1 Å². The number of carbonyl (C=O) groups is 3. The van der Waals surface area contributed by atoms with Crippen LogP contribution in [0.2, 0.25) is 5.02 Å². The van der Waals surface area contributed by atoms with E-state index in [2.05, 4.69) is 0 Å². The Bertz CT molecular complexity index is 630. The molecule has 6 heteroatoms. The molecule has 0 fully saturated rings. The minimum atomic E-state index is -1.55. The Morgan fingerprint density at radius 1 is 1.12 bits per heavy atom. The van der Waals surface area contributed by atoms with Gasteiger partial charge in [0.05, 0.1) is 13.2 Å². The molecule has 0 aliphatic heterocycles. The van der Waals surface area contributed by atoms with Gasteiger partial charge in [-0.1, -0.05) is 36.7 Å². The van der Waals surface area contributed by atoms with E-state index in [1.807, 2.05) is 0 Å². The van der Waals surface area contributed by atoms with E-state index in [0.717, 1.165) is 0 Å². The number of rotatable bonds is 8. The molecule has 0 radical (unpaired) electrons. The molecule has 0 N–H and O–H groups in total. The average molecular weight is 367 g/mol. The third-order valence-electron chi connectivity index (χ3n) is 4.04.